The predicted molar refractivity (Wildman–Crippen MR) is 66.0 cm³/mol. The number of aliphatic hydroxyl groups is 1. The van der Waals surface area contributed by atoms with Crippen LogP contribution >= 0.6 is 0 Å². The molecule has 1 nitrogen and oxygen atoms in total. The molecular formula is C14H28O. The SMILES string of the molecule is CCCCCC[C@]1(O)C[C@H]1CCCCC. The third-order valence-corrected chi connectivity index (χ3v) is 3.82. The molecular weight excluding hydrogens is 184 g/mol. The molecule has 0 aromatic carbocycles. The Labute approximate surface area is 95.3 Å². The zero-order chi connectivity index (χ0) is 11.1. The average Bonchev–Trinajstić information content (AvgIpc) is 2.86. The molecule has 0 aliphatic heterocycles. The van der Waals surface area contributed by atoms with Gasteiger partial charge in [-0.25, -0.2) is 0 Å². The van der Waals surface area contributed by atoms with Crippen LogP contribution in [0.4, 0.5) is 0 Å². The first-order chi connectivity index (χ1) is 7.23. The van der Waals surface area contributed by atoms with Gasteiger partial charge < -0.3 is 5.11 Å². The van der Waals surface area contributed by atoms with Gasteiger partial charge in [-0.3, -0.25) is 0 Å². The normalized spacial score (nSPS) is 29.4. The van der Waals surface area contributed by atoms with Crippen molar-refractivity contribution in [2.75, 3.05) is 0 Å². The molecule has 1 rings (SSSR count). The lowest BCUT2D eigenvalue weighted by Gasteiger charge is -2.09. The van der Waals surface area contributed by atoms with Crippen molar-refractivity contribution in [3.8, 4) is 0 Å². The Hall–Kier alpha value is -0.0400. The van der Waals surface area contributed by atoms with E-state index in [1.54, 1.807) is 0 Å². The molecule has 1 saturated carbocycles. The molecule has 0 spiro atoms. The number of rotatable bonds is 9. The number of hydrogen-bond donors (Lipinski definition) is 1. The predicted octanol–water partition coefficient (Wildman–Crippen LogP) is 4.29. The lowest BCUT2D eigenvalue weighted by molar-refractivity contribution is 0.115. The van der Waals surface area contributed by atoms with Crippen LogP contribution in [0.25, 0.3) is 0 Å². The molecule has 1 aliphatic carbocycles. The van der Waals surface area contributed by atoms with Crippen LogP contribution in [0.5, 0.6) is 0 Å². The van der Waals surface area contributed by atoms with Crippen molar-refractivity contribution >= 4 is 0 Å². The molecule has 0 heterocycles. The molecule has 0 amide bonds. The summed E-state index contributed by atoms with van der Waals surface area (Å²) in [7, 11) is 0. The first-order valence-corrected chi connectivity index (χ1v) is 6.95. The van der Waals surface area contributed by atoms with E-state index in [1.807, 2.05) is 0 Å². The topological polar surface area (TPSA) is 20.2 Å². The molecule has 1 fully saturated rings. The molecule has 1 heteroatoms. The van der Waals surface area contributed by atoms with Gasteiger partial charge in [0.15, 0.2) is 0 Å². The molecule has 1 N–H and O–H groups in total. The minimum atomic E-state index is -0.235. The second-order valence-electron chi connectivity index (χ2n) is 5.31. The zero-order valence-electron chi connectivity index (χ0n) is 10.6. The van der Waals surface area contributed by atoms with Crippen LogP contribution in [0.2, 0.25) is 0 Å². The van der Waals surface area contributed by atoms with E-state index in [0.717, 1.165) is 12.8 Å². The van der Waals surface area contributed by atoms with E-state index in [9.17, 15) is 5.11 Å². The van der Waals surface area contributed by atoms with Crippen LogP contribution in [0.15, 0.2) is 0 Å². The highest BCUT2D eigenvalue weighted by Crippen LogP contribution is 2.50. The van der Waals surface area contributed by atoms with Gasteiger partial charge >= 0.3 is 0 Å². The Bertz CT molecular complexity index is 167. The number of unbranched alkanes of at least 4 members (excludes halogenated alkanes) is 5. The van der Waals surface area contributed by atoms with Crippen molar-refractivity contribution in [3.63, 3.8) is 0 Å². The van der Waals surface area contributed by atoms with Crippen LogP contribution in [-0.4, -0.2) is 10.7 Å². The summed E-state index contributed by atoms with van der Waals surface area (Å²) < 4.78 is 0. The van der Waals surface area contributed by atoms with E-state index in [1.165, 1.54) is 51.4 Å². The van der Waals surface area contributed by atoms with Crippen molar-refractivity contribution in [1.82, 2.24) is 0 Å². The van der Waals surface area contributed by atoms with Crippen molar-refractivity contribution < 1.29 is 5.11 Å². The summed E-state index contributed by atoms with van der Waals surface area (Å²) in [4.78, 5) is 0. The highest BCUT2D eigenvalue weighted by atomic mass is 16.3. The quantitative estimate of drug-likeness (QED) is 0.565. The summed E-state index contributed by atoms with van der Waals surface area (Å²) in [5.74, 6) is 0.644. The number of hydrogen-bond acceptors (Lipinski definition) is 1. The molecule has 15 heavy (non-hydrogen) atoms. The van der Waals surface area contributed by atoms with E-state index < -0.39 is 0 Å². The van der Waals surface area contributed by atoms with Gasteiger partial charge in [-0.1, -0.05) is 58.8 Å². The fraction of sp³-hybridized carbons (Fsp3) is 1.00. The van der Waals surface area contributed by atoms with Crippen LogP contribution in [0.1, 0.15) is 78.1 Å². The van der Waals surface area contributed by atoms with Crippen molar-refractivity contribution in [2.24, 2.45) is 5.92 Å². The molecule has 0 aromatic rings. The minimum absolute atomic E-state index is 0.235. The Morgan fingerprint density at radius 3 is 2.33 bits per heavy atom. The largest absolute Gasteiger partial charge is 0.390 e. The Morgan fingerprint density at radius 2 is 1.67 bits per heavy atom. The molecule has 0 radical (unpaired) electrons. The van der Waals surface area contributed by atoms with Gasteiger partial charge in [0.2, 0.25) is 0 Å². The maximum atomic E-state index is 10.2. The second-order valence-corrected chi connectivity index (χ2v) is 5.31. The van der Waals surface area contributed by atoms with Crippen molar-refractivity contribution in [3.05, 3.63) is 0 Å². The second kappa shape index (κ2) is 6.52. The molecule has 0 saturated heterocycles. The third-order valence-electron chi connectivity index (χ3n) is 3.82. The summed E-state index contributed by atoms with van der Waals surface area (Å²) in [5, 5.41) is 10.2. The lowest BCUT2D eigenvalue weighted by Crippen LogP contribution is -2.10. The van der Waals surface area contributed by atoms with E-state index in [-0.39, 0.29) is 5.60 Å². The lowest BCUT2D eigenvalue weighted by atomic mass is 10.0. The van der Waals surface area contributed by atoms with Crippen LogP contribution in [-0.2, 0) is 0 Å². The first-order valence-electron chi connectivity index (χ1n) is 6.95. The average molecular weight is 212 g/mol. The van der Waals surface area contributed by atoms with E-state index in [2.05, 4.69) is 13.8 Å². The van der Waals surface area contributed by atoms with Gasteiger partial charge in [0.25, 0.3) is 0 Å². The van der Waals surface area contributed by atoms with E-state index in [4.69, 9.17) is 0 Å². The molecule has 1 aliphatic rings. The van der Waals surface area contributed by atoms with Gasteiger partial charge in [0, 0.05) is 0 Å². The van der Waals surface area contributed by atoms with Crippen LogP contribution in [0, 0.1) is 5.92 Å². The monoisotopic (exact) mass is 212 g/mol. The fourth-order valence-electron chi connectivity index (χ4n) is 2.54. The summed E-state index contributed by atoms with van der Waals surface area (Å²) in [6.45, 7) is 4.48. The van der Waals surface area contributed by atoms with Gasteiger partial charge in [-0.05, 0) is 25.2 Å². The summed E-state index contributed by atoms with van der Waals surface area (Å²) in [5.41, 5.74) is -0.235. The molecule has 0 bridgehead atoms. The van der Waals surface area contributed by atoms with Gasteiger partial charge in [-0.15, -0.1) is 0 Å². The Balaban J connectivity index is 2.00. The Kier molecular flexibility index (Phi) is 5.66. The van der Waals surface area contributed by atoms with E-state index >= 15 is 0 Å². The standard InChI is InChI=1S/C14H28O/c1-3-5-7-9-11-14(15)12-13(14)10-8-6-4-2/h13,15H,3-12H2,1-2H3/t13-,14+/m1/s1. The fourth-order valence-corrected chi connectivity index (χ4v) is 2.54. The van der Waals surface area contributed by atoms with Gasteiger partial charge in [-0.2, -0.15) is 0 Å². The van der Waals surface area contributed by atoms with Gasteiger partial charge in [0.05, 0.1) is 5.60 Å². The summed E-state index contributed by atoms with van der Waals surface area (Å²) in [6.07, 6.45) is 12.5. The molecule has 90 valence electrons. The maximum Gasteiger partial charge on any atom is 0.0680 e. The Morgan fingerprint density at radius 1 is 1.00 bits per heavy atom. The van der Waals surface area contributed by atoms with Crippen LogP contribution < -0.4 is 0 Å². The molecule has 2 atom stereocenters. The minimum Gasteiger partial charge on any atom is -0.390 e. The summed E-state index contributed by atoms with van der Waals surface area (Å²) >= 11 is 0. The summed E-state index contributed by atoms with van der Waals surface area (Å²) in [6, 6.07) is 0. The van der Waals surface area contributed by atoms with Crippen molar-refractivity contribution in [2.45, 2.75) is 83.7 Å². The maximum absolute atomic E-state index is 10.2. The molecule has 0 aromatic heterocycles. The smallest absolute Gasteiger partial charge is 0.0680 e. The van der Waals surface area contributed by atoms with Gasteiger partial charge in [0.1, 0.15) is 0 Å². The first kappa shape index (κ1) is 13.0. The highest BCUT2D eigenvalue weighted by Gasteiger charge is 2.50. The third kappa shape index (κ3) is 4.55. The zero-order valence-corrected chi connectivity index (χ0v) is 10.6. The van der Waals surface area contributed by atoms with E-state index in [0.29, 0.717) is 5.92 Å². The highest BCUT2D eigenvalue weighted by molar-refractivity contribution is 5.02. The van der Waals surface area contributed by atoms with Crippen LogP contribution in [0.3, 0.4) is 0 Å². The van der Waals surface area contributed by atoms with Crippen molar-refractivity contribution in [1.29, 1.82) is 0 Å². The molecule has 0 unspecified atom stereocenters.